The first-order valence-corrected chi connectivity index (χ1v) is 12.4. The number of hydrogen-bond donors (Lipinski definition) is 0. The molecule has 0 radical (unpaired) electrons. The lowest BCUT2D eigenvalue weighted by molar-refractivity contribution is -0.137. The first-order valence-electron chi connectivity index (χ1n) is 11.4. The van der Waals surface area contributed by atoms with E-state index in [2.05, 4.69) is 33.9 Å². The summed E-state index contributed by atoms with van der Waals surface area (Å²) >= 11 is 1.69. The minimum atomic E-state index is -4.30. The third-order valence-corrected chi connectivity index (χ3v) is 8.00. The monoisotopic (exact) mass is 489 g/mol. The van der Waals surface area contributed by atoms with Gasteiger partial charge in [0.1, 0.15) is 0 Å². The second-order valence-electron chi connectivity index (χ2n) is 9.38. The van der Waals surface area contributed by atoms with Crippen LogP contribution in [0.1, 0.15) is 37.1 Å². The normalized spacial score (nSPS) is 21.3. The van der Waals surface area contributed by atoms with Crippen LogP contribution in [-0.4, -0.2) is 50.0 Å². The van der Waals surface area contributed by atoms with Crippen molar-refractivity contribution in [2.75, 3.05) is 25.4 Å². The Morgan fingerprint density at radius 3 is 2.50 bits per heavy atom. The molecule has 0 amide bonds. The number of aryl methyl sites for hydroxylation is 1. The van der Waals surface area contributed by atoms with E-state index in [9.17, 15) is 13.2 Å². The number of halogens is 3. The highest BCUT2D eigenvalue weighted by atomic mass is 32.2. The summed E-state index contributed by atoms with van der Waals surface area (Å²) in [6, 6.07) is 9.67. The number of benzene rings is 1. The lowest BCUT2D eigenvalue weighted by Gasteiger charge is -2.29. The van der Waals surface area contributed by atoms with E-state index in [1.165, 1.54) is 12.1 Å². The number of alkyl halides is 3. The minimum Gasteiger partial charge on any atom is -0.305 e. The first-order chi connectivity index (χ1) is 16.1. The molecule has 182 valence electrons. The van der Waals surface area contributed by atoms with Gasteiger partial charge in [0.05, 0.1) is 5.56 Å². The molecule has 0 spiro atoms. The molecule has 0 bridgehead atoms. The second-order valence-corrected chi connectivity index (χ2v) is 10.4. The van der Waals surface area contributed by atoms with Crippen molar-refractivity contribution in [2.24, 2.45) is 13.0 Å². The van der Waals surface area contributed by atoms with Gasteiger partial charge in [-0.15, -0.1) is 10.2 Å². The van der Waals surface area contributed by atoms with Gasteiger partial charge in [-0.3, -0.25) is 4.98 Å². The van der Waals surface area contributed by atoms with Crippen molar-refractivity contribution >= 4 is 11.8 Å². The zero-order chi connectivity index (χ0) is 24.5. The van der Waals surface area contributed by atoms with Crippen LogP contribution >= 0.6 is 11.8 Å². The molecule has 34 heavy (non-hydrogen) atoms. The van der Waals surface area contributed by atoms with Crippen molar-refractivity contribution in [3.63, 3.8) is 0 Å². The number of nitrogens with zero attached hydrogens (tertiary/aromatic N) is 5. The van der Waals surface area contributed by atoms with Crippen LogP contribution in [-0.2, 0) is 18.6 Å². The summed E-state index contributed by atoms with van der Waals surface area (Å²) in [5.74, 6) is 2.08. The zero-order valence-corrected chi connectivity index (χ0v) is 20.7. The van der Waals surface area contributed by atoms with E-state index in [0.717, 1.165) is 59.6 Å². The van der Waals surface area contributed by atoms with Crippen LogP contribution in [0.25, 0.3) is 11.4 Å². The van der Waals surface area contributed by atoms with Gasteiger partial charge in [-0.25, -0.2) is 0 Å². The molecule has 1 aliphatic heterocycles. The molecular formula is C25H30F3N5S. The van der Waals surface area contributed by atoms with Crippen LogP contribution in [0.2, 0.25) is 0 Å². The van der Waals surface area contributed by atoms with Gasteiger partial charge in [0.2, 0.25) is 0 Å². The Hall–Kier alpha value is -2.39. The van der Waals surface area contributed by atoms with Crippen molar-refractivity contribution in [3.05, 3.63) is 59.4 Å². The maximum atomic E-state index is 12.9. The summed E-state index contributed by atoms with van der Waals surface area (Å²) in [4.78, 5) is 6.76. The largest absolute Gasteiger partial charge is 0.416 e. The molecule has 3 aromatic rings. The molecule has 1 saturated heterocycles. The Morgan fingerprint density at radius 2 is 1.85 bits per heavy atom. The number of hydrogen-bond acceptors (Lipinski definition) is 5. The lowest BCUT2D eigenvalue weighted by atomic mass is 9.75. The second kappa shape index (κ2) is 9.70. The van der Waals surface area contributed by atoms with Crippen LogP contribution in [0.3, 0.4) is 0 Å². The predicted octanol–water partition coefficient (Wildman–Crippen LogP) is 5.60. The van der Waals surface area contributed by atoms with Crippen molar-refractivity contribution in [1.29, 1.82) is 0 Å². The quantitative estimate of drug-likeness (QED) is 0.320. The number of thioether (sulfide) groups is 1. The molecule has 1 aromatic carbocycles. The van der Waals surface area contributed by atoms with Crippen LogP contribution < -0.4 is 0 Å². The summed E-state index contributed by atoms with van der Waals surface area (Å²) < 4.78 is 40.8. The van der Waals surface area contributed by atoms with Gasteiger partial charge >= 0.3 is 6.18 Å². The summed E-state index contributed by atoms with van der Waals surface area (Å²) in [7, 11) is 1.97. The highest BCUT2D eigenvalue weighted by Gasteiger charge is 2.41. The van der Waals surface area contributed by atoms with E-state index >= 15 is 0 Å². The Labute approximate surface area is 202 Å². The molecule has 9 heteroatoms. The molecular weight excluding hydrogens is 459 g/mol. The molecule has 0 N–H and O–H groups in total. The van der Waals surface area contributed by atoms with Gasteiger partial charge in [0, 0.05) is 48.8 Å². The smallest absolute Gasteiger partial charge is 0.305 e. The molecule has 2 aromatic heterocycles. The molecule has 2 atom stereocenters. The van der Waals surface area contributed by atoms with Crippen molar-refractivity contribution in [2.45, 2.75) is 43.9 Å². The molecule has 1 fully saturated rings. The third-order valence-electron chi connectivity index (χ3n) is 6.90. The van der Waals surface area contributed by atoms with Gasteiger partial charge in [0.15, 0.2) is 11.0 Å². The molecule has 5 nitrogen and oxygen atoms in total. The molecule has 0 saturated carbocycles. The SMILES string of the molecule is Cc1ccc(-c2nnc(SCCCN3C[C@H](C)[C@@](C)(c4ccc(C(F)(F)F)cc4)C3)n2C)cn1. The van der Waals surface area contributed by atoms with E-state index in [-0.39, 0.29) is 5.41 Å². The highest BCUT2D eigenvalue weighted by molar-refractivity contribution is 7.99. The van der Waals surface area contributed by atoms with E-state index in [1.54, 1.807) is 23.9 Å². The highest BCUT2D eigenvalue weighted by Crippen LogP contribution is 2.40. The minimum absolute atomic E-state index is 0.155. The standard InChI is InChI=1S/C25H30F3N5S/c1-17-15-33(16-24(17,3)20-8-10-21(11-9-20)25(26,27)28)12-5-13-34-23-31-30-22(32(23)4)19-7-6-18(2)29-14-19/h6-11,14,17H,5,12-13,15-16H2,1-4H3/t17-,24-/m0/s1. The average molecular weight is 490 g/mol. The van der Waals surface area contributed by atoms with Gasteiger partial charge in [-0.05, 0) is 55.6 Å². The van der Waals surface area contributed by atoms with Crippen molar-refractivity contribution < 1.29 is 13.2 Å². The van der Waals surface area contributed by atoms with E-state index in [4.69, 9.17) is 0 Å². The topological polar surface area (TPSA) is 46.8 Å². The van der Waals surface area contributed by atoms with Crippen LogP contribution in [0.5, 0.6) is 0 Å². The maximum absolute atomic E-state index is 12.9. The van der Waals surface area contributed by atoms with Gasteiger partial charge < -0.3 is 9.47 Å². The van der Waals surface area contributed by atoms with Crippen LogP contribution in [0.4, 0.5) is 13.2 Å². The molecule has 4 rings (SSSR count). The Bertz CT molecular complexity index is 1110. The number of pyridine rings is 1. The van der Waals surface area contributed by atoms with Gasteiger partial charge in [0.25, 0.3) is 0 Å². The van der Waals surface area contributed by atoms with Crippen LogP contribution in [0.15, 0.2) is 47.8 Å². The van der Waals surface area contributed by atoms with E-state index in [1.807, 2.05) is 36.9 Å². The first kappa shape index (κ1) is 24.7. The van der Waals surface area contributed by atoms with E-state index < -0.39 is 11.7 Å². The summed E-state index contributed by atoms with van der Waals surface area (Å²) in [6.45, 7) is 9.04. The molecule has 3 heterocycles. The van der Waals surface area contributed by atoms with Gasteiger partial charge in [-0.2, -0.15) is 13.2 Å². The average Bonchev–Trinajstić information content (AvgIpc) is 3.31. The third kappa shape index (κ3) is 5.15. The predicted molar refractivity (Wildman–Crippen MR) is 129 cm³/mol. The van der Waals surface area contributed by atoms with Crippen LogP contribution in [0, 0.1) is 12.8 Å². The maximum Gasteiger partial charge on any atom is 0.416 e. The Balaban J connectivity index is 1.30. The Morgan fingerprint density at radius 1 is 1.12 bits per heavy atom. The number of rotatable bonds is 7. The summed E-state index contributed by atoms with van der Waals surface area (Å²) in [5, 5.41) is 9.54. The molecule has 0 aliphatic carbocycles. The fourth-order valence-corrected chi connectivity index (χ4v) is 5.44. The fraction of sp³-hybridized carbons (Fsp3) is 0.480. The van der Waals surface area contributed by atoms with Crippen molar-refractivity contribution in [1.82, 2.24) is 24.6 Å². The zero-order valence-electron chi connectivity index (χ0n) is 19.9. The summed E-state index contributed by atoms with van der Waals surface area (Å²) in [5.41, 5.74) is 2.14. The fourth-order valence-electron chi connectivity index (χ4n) is 4.60. The van der Waals surface area contributed by atoms with Gasteiger partial charge in [-0.1, -0.05) is 37.7 Å². The van der Waals surface area contributed by atoms with E-state index in [0.29, 0.717) is 5.92 Å². The van der Waals surface area contributed by atoms with Crippen molar-refractivity contribution in [3.8, 4) is 11.4 Å². The lowest BCUT2D eigenvalue weighted by Crippen LogP contribution is -2.31. The molecule has 0 unspecified atom stereocenters. The summed E-state index contributed by atoms with van der Waals surface area (Å²) in [6.07, 6.45) is -1.49. The Kier molecular flexibility index (Phi) is 7.05. The molecule has 1 aliphatic rings. The number of likely N-dealkylation sites (tertiary alicyclic amines) is 1. The number of aromatic nitrogens is 4.